The number of aryl methyl sites for hydroxylation is 2. The van der Waals surface area contributed by atoms with E-state index in [1.54, 1.807) is 0 Å². The topological polar surface area (TPSA) is 20.5 Å². The molecule has 1 aromatic rings. The molecule has 2 aliphatic carbocycles. The van der Waals surface area contributed by atoms with Crippen LogP contribution in [-0.4, -0.2) is 0 Å². The molecule has 0 fully saturated rings. The third-order valence-corrected chi connectivity index (χ3v) is 5.86. The molecule has 0 atom stereocenters. The summed E-state index contributed by atoms with van der Waals surface area (Å²) in [4.78, 5) is 0. The summed E-state index contributed by atoms with van der Waals surface area (Å²) in [6.45, 7) is 8.27. The standard InChI is InChI=1S/C25H29O2/c1-16-14-24-20(10-6-12-22(24)18(3)26-16)8-5-9-21-11-7-13-23-19(4)27-17(2)15-25(21)23/h5,8-9,14-15H,6-7,10-13H2,1-4H3/q+1. The fourth-order valence-electron chi connectivity index (χ4n) is 4.63. The third kappa shape index (κ3) is 3.58. The Kier molecular flexibility index (Phi) is 4.90. The summed E-state index contributed by atoms with van der Waals surface area (Å²) in [5.74, 6) is 4.14. The molecule has 0 saturated carbocycles. The molecule has 140 valence electrons. The van der Waals surface area contributed by atoms with Crippen LogP contribution >= 0.6 is 0 Å². The summed E-state index contributed by atoms with van der Waals surface area (Å²) in [6, 6.07) is 2.21. The number of fused-ring (bicyclic) bond motifs is 2. The van der Waals surface area contributed by atoms with E-state index < -0.39 is 0 Å². The molecule has 4 rings (SSSR count). The first-order valence-electron chi connectivity index (χ1n) is 10.1. The van der Waals surface area contributed by atoms with E-state index in [0.717, 1.165) is 48.7 Å². The molecule has 0 bridgehead atoms. The van der Waals surface area contributed by atoms with E-state index in [-0.39, 0.29) is 0 Å². The Morgan fingerprint density at radius 3 is 2.67 bits per heavy atom. The van der Waals surface area contributed by atoms with Crippen molar-refractivity contribution in [2.75, 3.05) is 0 Å². The van der Waals surface area contributed by atoms with E-state index in [4.69, 9.17) is 9.15 Å². The maximum absolute atomic E-state index is 5.83. The Hall–Kier alpha value is -2.35. The minimum atomic E-state index is 0.994. The Labute approximate surface area is 162 Å². The van der Waals surface area contributed by atoms with Crippen LogP contribution in [0.5, 0.6) is 0 Å². The summed E-state index contributed by atoms with van der Waals surface area (Å²) >= 11 is 0. The second-order valence-electron chi connectivity index (χ2n) is 7.89. The van der Waals surface area contributed by atoms with Crippen LogP contribution in [0.1, 0.15) is 68.6 Å². The van der Waals surface area contributed by atoms with Gasteiger partial charge in [0.05, 0.1) is 19.4 Å². The molecule has 3 aliphatic rings. The van der Waals surface area contributed by atoms with Crippen LogP contribution in [0.3, 0.4) is 0 Å². The van der Waals surface area contributed by atoms with Gasteiger partial charge in [-0.25, -0.2) is 4.42 Å². The van der Waals surface area contributed by atoms with Crippen molar-refractivity contribution in [3.63, 3.8) is 0 Å². The van der Waals surface area contributed by atoms with Gasteiger partial charge in [-0.05, 0) is 86.3 Å². The highest BCUT2D eigenvalue weighted by Crippen LogP contribution is 2.38. The fourth-order valence-corrected chi connectivity index (χ4v) is 4.63. The zero-order chi connectivity index (χ0) is 19.0. The van der Waals surface area contributed by atoms with Gasteiger partial charge >= 0.3 is 11.5 Å². The van der Waals surface area contributed by atoms with Gasteiger partial charge in [-0.2, -0.15) is 0 Å². The molecule has 0 spiro atoms. The predicted octanol–water partition coefficient (Wildman–Crippen LogP) is 7.14. The predicted molar refractivity (Wildman–Crippen MR) is 111 cm³/mol. The summed E-state index contributed by atoms with van der Waals surface area (Å²) in [5.41, 5.74) is 8.39. The van der Waals surface area contributed by atoms with Crippen LogP contribution in [0.25, 0.3) is 5.57 Å². The van der Waals surface area contributed by atoms with E-state index in [1.165, 1.54) is 46.3 Å². The lowest BCUT2D eigenvalue weighted by molar-refractivity contribution is 0.296. The van der Waals surface area contributed by atoms with Crippen molar-refractivity contribution in [2.45, 2.75) is 66.2 Å². The minimum absolute atomic E-state index is 0.994. The van der Waals surface area contributed by atoms with Gasteiger partial charge in [0.2, 0.25) is 0 Å². The number of allylic oxidation sites excluding steroid dienone is 10. The molecule has 0 amide bonds. The summed E-state index contributed by atoms with van der Waals surface area (Å²) in [6.07, 6.45) is 16.0. The minimum Gasteiger partial charge on any atom is -0.466 e. The Morgan fingerprint density at radius 2 is 1.81 bits per heavy atom. The number of rotatable bonds is 2. The average Bonchev–Trinajstić information content (AvgIpc) is 2.62. The molecule has 0 radical (unpaired) electrons. The number of ether oxygens (including phenoxy) is 1. The van der Waals surface area contributed by atoms with Gasteiger partial charge in [0.25, 0.3) is 0 Å². The third-order valence-electron chi connectivity index (χ3n) is 5.86. The van der Waals surface area contributed by atoms with Gasteiger partial charge < -0.3 is 4.74 Å². The smallest absolute Gasteiger partial charge is 0.330 e. The van der Waals surface area contributed by atoms with Crippen molar-refractivity contribution < 1.29 is 9.15 Å². The zero-order valence-electron chi connectivity index (χ0n) is 16.9. The van der Waals surface area contributed by atoms with E-state index in [2.05, 4.69) is 44.2 Å². The Morgan fingerprint density at radius 1 is 1.00 bits per heavy atom. The van der Waals surface area contributed by atoms with Gasteiger partial charge in [-0.15, -0.1) is 0 Å². The number of hydrogen-bond acceptors (Lipinski definition) is 1. The second-order valence-corrected chi connectivity index (χ2v) is 7.89. The molecule has 0 saturated heterocycles. The first-order valence-corrected chi connectivity index (χ1v) is 10.1. The molecule has 2 heteroatoms. The number of hydrogen-bond donors (Lipinski definition) is 0. The average molecular weight is 362 g/mol. The van der Waals surface area contributed by atoms with Crippen molar-refractivity contribution in [2.24, 2.45) is 0 Å². The van der Waals surface area contributed by atoms with Gasteiger partial charge in [-0.1, -0.05) is 18.2 Å². The first-order chi connectivity index (χ1) is 13.0. The molecule has 0 N–H and O–H groups in total. The Balaban J connectivity index is 1.67. The highest BCUT2D eigenvalue weighted by atomic mass is 16.5. The van der Waals surface area contributed by atoms with Crippen LogP contribution in [0, 0.1) is 13.8 Å². The van der Waals surface area contributed by atoms with Crippen molar-refractivity contribution >= 4 is 5.57 Å². The van der Waals surface area contributed by atoms with Crippen LogP contribution in [0.2, 0.25) is 0 Å². The quantitative estimate of drug-likeness (QED) is 0.522. The zero-order valence-corrected chi connectivity index (χ0v) is 16.9. The largest absolute Gasteiger partial charge is 0.466 e. The van der Waals surface area contributed by atoms with Gasteiger partial charge in [0.15, 0.2) is 0 Å². The molecular formula is C25H29O2+. The lowest BCUT2D eigenvalue weighted by Gasteiger charge is -2.26. The molecular weight excluding hydrogens is 332 g/mol. The van der Waals surface area contributed by atoms with E-state index in [9.17, 15) is 0 Å². The van der Waals surface area contributed by atoms with Crippen molar-refractivity contribution in [3.05, 3.63) is 81.3 Å². The highest BCUT2D eigenvalue weighted by molar-refractivity contribution is 5.72. The lowest BCUT2D eigenvalue weighted by Crippen LogP contribution is -2.08. The van der Waals surface area contributed by atoms with Crippen molar-refractivity contribution in [3.8, 4) is 0 Å². The van der Waals surface area contributed by atoms with Crippen LogP contribution in [-0.2, 0) is 11.2 Å². The first kappa shape index (κ1) is 18.0. The molecule has 1 aliphatic heterocycles. The molecule has 1 aromatic heterocycles. The SMILES string of the molecule is CC1=CC2=C(/C=C/C=C3\CCCc4c3cc(C)[o+]c4C)CCCC2=C(C)O1. The molecule has 2 nitrogen and oxygen atoms in total. The monoisotopic (exact) mass is 361 g/mol. The molecule has 0 aromatic carbocycles. The maximum atomic E-state index is 5.83. The summed E-state index contributed by atoms with van der Waals surface area (Å²) in [5, 5.41) is 0. The summed E-state index contributed by atoms with van der Waals surface area (Å²) < 4.78 is 11.7. The normalized spacial score (nSPS) is 21.3. The summed E-state index contributed by atoms with van der Waals surface area (Å²) in [7, 11) is 0. The van der Waals surface area contributed by atoms with Gasteiger partial charge in [-0.3, -0.25) is 0 Å². The molecule has 2 heterocycles. The molecule has 0 unspecified atom stereocenters. The van der Waals surface area contributed by atoms with Crippen LogP contribution < -0.4 is 0 Å². The van der Waals surface area contributed by atoms with Crippen LogP contribution in [0.15, 0.2) is 63.0 Å². The van der Waals surface area contributed by atoms with Crippen molar-refractivity contribution in [1.82, 2.24) is 0 Å². The highest BCUT2D eigenvalue weighted by Gasteiger charge is 2.24. The second kappa shape index (κ2) is 7.34. The van der Waals surface area contributed by atoms with E-state index >= 15 is 0 Å². The van der Waals surface area contributed by atoms with E-state index in [1.807, 2.05) is 13.8 Å². The lowest BCUT2D eigenvalue weighted by atomic mass is 9.84. The van der Waals surface area contributed by atoms with Crippen LogP contribution in [0.4, 0.5) is 0 Å². The Bertz CT molecular complexity index is 935. The fraction of sp³-hybridized carbons (Fsp3) is 0.400. The van der Waals surface area contributed by atoms with E-state index in [0.29, 0.717) is 0 Å². The molecule has 27 heavy (non-hydrogen) atoms. The van der Waals surface area contributed by atoms with Gasteiger partial charge in [0.1, 0.15) is 11.5 Å². The van der Waals surface area contributed by atoms with Gasteiger partial charge in [0, 0.05) is 6.07 Å². The maximum Gasteiger partial charge on any atom is 0.330 e. The van der Waals surface area contributed by atoms with Crippen molar-refractivity contribution in [1.29, 1.82) is 0 Å².